The van der Waals surface area contributed by atoms with Crippen molar-refractivity contribution in [3.63, 3.8) is 0 Å². The van der Waals surface area contributed by atoms with E-state index in [4.69, 9.17) is 25.8 Å². The number of methoxy groups -OCH3 is 1. The van der Waals surface area contributed by atoms with Gasteiger partial charge >= 0.3 is 12.1 Å². The van der Waals surface area contributed by atoms with E-state index in [1.165, 1.54) is 29.7 Å². The molecule has 2 aliphatic rings. The molecular formula is C32H41ClF2N2O5. The summed E-state index contributed by atoms with van der Waals surface area (Å²) in [5.74, 6) is -0.406. The summed E-state index contributed by atoms with van der Waals surface area (Å²) < 4.78 is 45.3. The van der Waals surface area contributed by atoms with Crippen LogP contribution in [0.1, 0.15) is 75.5 Å². The molecule has 0 radical (unpaired) electrons. The lowest BCUT2D eigenvalue weighted by atomic mass is 9.75. The van der Waals surface area contributed by atoms with E-state index >= 15 is 0 Å². The fourth-order valence-corrected chi connectivity index (χ4v) is 6.28. The third kappa shape index (κ3) is 7.92. The van der Waals surface area contributed by atoms with Crippen molar-refractivity contribution in [1.29, 1.82) is 0 Å². The number of hydrogen-bond donors (Lipinski definition) is 1. The van der Waals surface area contributed by atoms with Crippen molar-refractivity contribution in [3.8, 4) is 5.75 Å². The second-order valence-corrected chi connectivity index (χ2v) is 12.7. The Labute approximate surface area is 251 Å². The zero-order valence-corrected chi connectivity index (χ0v) is 25.7. The molecule has 1 aliphatic heterocycles. The third-order valence-corrected chi connectivity index (χ3v) is 8.43. The van der Waals surface area contributed by atoms with E-state index in [1.54, 1.807) is 32.9 Å². The first-order chi connectivity index (χ1) is 19.9. The molecule has 10 heteroatoms. The van der Waals surface area contributed by atoms with E-state index in [2.05, 4.69) is 5.32 Å². The van der Waals surface area contributed by atoms with Gasteiger partial charge < -0.3 is 19.5 Å². The van der Waals surface area contributed by atoms with E-state index in [1.807, 2.05) is 13.1 Å². The Morgan fingerprint density at radius 2 is 1.79 bits per heavy atom. The molecular weight excluding hydrogens is 566 g/mol. The lowest BCUT2D eigenvalue weighted by Gasteiger charge is -2.30. The summed E-state index contributed by atoms with van der Waals surface area (Å²) in [7, 11) is 3.12. The van der Waals surface area contributed by atoms with E-state index in [0.717, 1.165) is 31.2 Å². The molecule has 1 saturated heterocycles. The van der Waals surface area contributed by atoms with Gasteiger partial charge in [-0.1, -0.05) is 17.7 Å². The number of ether oxygens (including phenoxy) is 3. The average Bonchev–Trinajstić information content (AvgIpc) is 3.35. The molecule has 0 aromatic heterocycles. The second-order valence-electron chi connectivity index (χ2n) is 12.3. The summed E-state index contributed by atoms with van der Waals surface area (Å²) in [6, 6.07) is 7.17. The highest BCUT2D eigenvalue weighted by molar-refractivity contribution is 6.31. The van der Waals surface area contributed by atoms with Crippen LogP contribution in [0, 0.1) is 17.6 Å². The number of esters is 1. The van der Waals surface area contributed by atoms with Crippen LogP contribution < -0.4 is 10.1 Å². The number of benzene rings is 2. The van der Waals surface area contributed by atoms with Crippen LogP contribution in [0.5, 0.6) is 5.75 Å². The first-order valence-electron chi connectivity index (χ1n) is 14.5. The normalized spacial score (nSPS) is 22.6. The lowest BCUT2D eigenvalue weighted by Crippen LogP contribution is -2.44. The highest BCUT2D eigenvalue weighted by atomic mass is 35.5. The Balaban J connectivity index is 1.42. The maximum absolute atomic E-state index is 14.9. The summed E-state index contributed by atoms with van der Waals surface area (Å²) in [5, 5.41) is 3.20. The predicted molar refractivity (Wildman–Crippen MR) is 157 cm³/mol. The van der Waals surface area contributed by atoms with Gasteiger partial charge in [0.15, 0.2) is 0 Å². The molecule has 0 bridgehead atoms. The van der Waals surface area contributed by atoms with Gasteiger partial charge in [0.05, 0.1) is 18.7 Å². The van der Waals surface area contributed by atoms with Gasteiger partial charge in [-0.2, -0.15) is 0 Å². The van der Waals surface area contributed by atoms with E-state index in [-0.39, 0.29) is 23.8 Å². The molecule has 2 atom stereocenters. The molecule has 0 unspecified atom stereocenters. The Hall–Kier alpha value is -2.91. The minimum atomic E-state index is -0.864. The largest absolute Gasteiger partial charge is 0.488 e. The highest BCUT2D eigenvalue weighted by Crippen LogP contribution is 2.40. The molecule has 2 fully saturated rings. The van der Waals surface area contributed by atoms with Crippen LogP contribution in [0.15, 0.2) is 30.3 Å². The maximum Gasteiger partial charge on any atom is 0.411 e. The number of hydrogen-bond acceptors (Lipinski definition) is 6. The SMILES string of the molecule is CNCc1cc(F)ccc1[C@H]1CC[C@H](Cc2cc(O[C@H]3C[C@@H](C(=O)OC)N(C(=O)OC(C)(C)C)C3)cc(F)c2Cl)CC1. The molecule has 1 heterocycles. The number of nitrogens with one attached hydrogen (secondary N) is 1. The molecule has 230 valence electrons. The average molecular weight is 607 g/mol. The molecule has 0 spiro atoms. The van der Waals surface area contributed by atoms with Gasteiger partial charge in [-0.05, 0) is 107 Å². The van der Waals surface area contributed by atoms with Gasteiger partial charge in [0.2, 0.25) is 0 Å². The Morgan fingerprint density at radius 3 is 2.43 bits per heavy atom. The molecule has 1 N–H and O–H groups in total. The number of halogens is 3. The number of amides is 1. The van der Waals surface area contributed by atoms with Crippen molar-refractivity contribution >= 4 is 23.7 Å². The molecule has 2 aromatic carbocycles. The van der Waals surface area contributed by atoms with E-state index in [0.29, 0.717) is 36.1 Å². The molecule has 42 heavy (non-hydrogen) atoms. The monoisotopic (exact) mass is 606 g/mol. The molecule has 7 nitrogen and oxygen atoms in total. The van der Waals surface area contributed by atoms with Crippen molar-refractivity contribution in [1.82, 2.24) is 10.2 Å². The summed E-state index contributed by atoms with van der Waals surface area (Å²) in [4.78, 5) is 26.5. The molecule has 1 aliphatic carbocycles. The Morgan fingerprint density at radius 1 is 1.07 bits per heavy atom. The topological polar surface area (TPSA) is 77.1 Å². The Bertz CT molecular complexity index is 1280. The van der Waals surface area contributed by atoms with Gasteiger partial charge in [0.1, 0.15) is 35.1 Å². The number of carbonyl (C=O) groups excluding carboxylic acids is 2. The maximum atomic E-state index is 14.9. The van der Waals surface area contributed by atoms with Crippen LogP contribution in [0.2, 0.25) is 5.02 Å². The number of likely N-dealkylation sites (tertiary alicyclic amines) is 1. The molecule has 1 saturated carbocycles. The van der Waals surface area contributed by atoms with Gasteiger partial charge in [-0.25, -0.2) is 18.4 Å². The van der Waals surface area contributed by atoms with Crippen molar-refractivity contribution in [2.24, 2.45) is 5.92 Å². The van der Waals surface area contributed by atoms with Crippen LogP contribution in [0.3, 0.4) is 0 Å². The second kappa shape index (κ2) is 13.6. The first kappa shape index (κ1) is 32.0. The standard InChI is InChI=1S/C32H41ClF2N2O5/c1-32(2,3)42-31(39)37-18-25(16-28(37)30(38)40-5)41-24-14-21(29(33)27(35)15-24)12-19-6-8-20(9-7-19)26-11-10-23(34)13-22(26)17-36-4/h10-11,13-15,19-20,25,28,36H,6-9,12,16-18H2,1-5H3/t19-,20-,25-,28-/m0/s1. The number of carbonyl (C=O) groups is 2. The zero-order chi connectivity index (χ0) is 30.6. The Kier molecular flexibility index (Phi) is 10.4. The zero-order valence-electron chi connectivity index (χ0n) is 25.0. The smallest absolute Gasteiger partial charge is 0.411 e. The minimum absolute atomic E-state index is 0.0774. The van der Waals surface area contributed by atoms with Crippen molar-refractivity contribution < 1.29 is 32.6 Å². The van der Waals surface area contributed by atoms with E-state index in [9.17, 15) is 18.4 Å². The van der Waals surface area contributed by atoms with Crippen LogP contribution in [-0.2, 0) is 27.2 Å². The number of rotatable bonds is 8. The minimum Gasteiger partial charge on any atom is -0.488 e. The van der Waals surface area contributed by atoms with Crippen molar-refractivity contribution in [3.05, 3.63) is 63.7 Å². The lowest BCUT2D eigenvalue weighted by molar-refractivity contribution is -0.145. The molecule has 1 amide bonds. The fraction of sp³-hybridized carbons (Fsp3) is 0.562. The first-order valence-corrected chi connectivity index (χ1v) is 14.9. The van der Waals surface area contributed by atoms with Gasteiger partial charge in [-0.15, -0.1) is 0 Å². The quantitative estimate of drug-likeness (QED) is 0.334. The van der Waals surface area contributed by atoms with Crippen LogP contribution >= 0.6 is 11.6 Å². The van der Waals surface area contributed by atoms with Crippen LogP contribution in [-0.4, -0.2) is 55.4 Å². The van der Waals surface area contributed by atoms with Crippen molar-refractivity contribution in [2.75, 3.05) is 20.7 Å². The van der Waals surface area contributed by atoms with Gasteiger partial charge in [0, 0.05) is 19.0 Å². The number of nitrogens with zero attached hydrogens (tertiary/aromatic N) is 1. The summed E-state index contributed by atoms with van der Waals surface area (Å²) in [6.45, 7) is 5.95. The molecule has 2 aromatic rings. The van der Waals surface area contributed by atoms with Gasteiger partial charge in [0.25, 0.3) is 0 Å². The summed E-state index contributed by atoms with van der Waals surface area (Å²) >= 11 is 6.40. The molecule has 4 rings (SSSR count). The predicted octanol–water partition coefficient (Wildman–Crippen LogP) is 6.78. The van der Waals surface area contributed by atoms with Crippen LogP contribution in [0.4, 0.5) is 13.6 Å². The van der Waals surface area contributed by atoms with Crippen molar-refractivity contribution in [2.45, 2.75) is 89.5 Å². The summed E-state index contributed by atoms with van der Waals surface area (Å²) in [6.07, 6.45) is 3.40. The fourth-order valence-electron chi connectivity index (χ4n) is 6.10. The van der Waals surface area contributed by atoms with Crippen LogP contribution in [0.25, 0.3) is 0 Å². The third-order valence-electron chi connectivity index (χ3n) is 8.01. The summed E-state index contributed by atoms with van der Waals surface area (Å²) in [5.41, 5.74) is 2.10. The highest BCUT2D eigenvalue weighted by Gasteiger charge is 2.43. The van der Waals surface area contributed by atoms with E-state index < -0.39 is 35.6 Å². The van der Waals surface area contributed by atoms with Gasteiger partial charge in [-0.3, -0.25) is 4.90 Å².